The summed E-state index contributed by atoms with van der Waals surface area (Å²) in [4.78, 5) is 36.2. The van der Waals surface area contributed by atoms with Gasteiger partial charge in [-0.2, -0.15) is 0 Å². The zero-order valence-corrected chi connectivity index (χ0v) is 16.8. The van der Waals surface area contributed by atoms with Crippen LogP contribution in [0.2, 0.25) is 0 Å². The lowest BCUT2D eigenvalue weighted by Gasteiger charge is -2.33. The number of hydrogen-bond acceptors (Lipinski definition) is 3. The average Bonchev–Trinajstić information content (AvgIpc) is 3.22. The highest BCUT2D eigenvalue weighted by atomic mass is 19.2. The molecule has 0 aliphatic carbocycles. The number of aromatic nitrogens is 2. The van der Waals surface area contributed by atoms with Crippen LogP contribution in [0.15, 0.2) is 41.2 Å². The standard InChI is InChI=1S/C23H16F2N4O3/c1-26-12-3-4-17-11(5-12)6-18(27-17)23(31)29(2)20-10-32-9-19-21(20)13-7-15(24)16(25)8-14(13)22(30)28-19/h3-8,20,27H,9-10H2,2H3,(H,28,30)/t20-/m1/s1. The number of rotatable bonds is 2. The number of halogens is 2. The van der Waals surface area contributed by atoms with E-state index in [4.69, 9.17) is 11.3 Å². The number of likely N-dealkylation sites (N-methyl/N-ethyl adjacent to an activating group) is 1. The molecule has 0 fully saturated rings. The first kappa shape index (κ1) is 19.9. The number of hydrogen-bond donors (Lipinski definition) is 2. The Morgan fingerprint density at radius 3 is 2.66 bits per heavy atom. The molecule has 4 aromatic rings. The molecule has 0 saturated heterocycles. The van der Waals surface area contributed by atoms with Crippen LogP contribution in [-0.4, -0.2) is 34.4 Å². The second-order valence-electron chi connectivity index (χ2n) is 7.67. The topological polar surface area (TPSA) is 82.5 Å². The maximum Gasteiger partial charge on any atom is 0.270 e. The zero-order valence-electron chi connectivity index (χ0n) is 16.8. The van der Waals surface area contributed by atoms with Crippen LogP contribution in [0, 0.1) is 18.2 Å². The van der Waals surface area contributed by atoms with Gasteiger partial charge in [-0.25, -0.2) is 13.6 Å². The number of benzene rings is 2. The predicted molar refractivity (Wildman–Crippen MR) is 114 cm³/mol. The Labute approximate surface area is 180 Å². The van der Waals surface area contributed by atoms with Crippen LogP contribution < -0.4 is 5.56 Å². The first-order valence-corrected chi connectivity index (χ1v) is 9.76. The second-order valence-corrected chi connectivity index (χ2v) is 7.67. The summed E-state index contributed by atoms with van der Waals surface area (Å²) in [6.07, 6.45) is 0. The fourth-order valence-corrected chi connectivity index (χ4v) is 4.18. The number of H-pyrrole nitrogens is 2. The Balaban J connectivity index is 1.60. The van der Waals surface area contributed by atoms with Gasteiger partial charge in [-0.05, 0) is 41.1 Å². The lowest BCUT2D eigenvalue weighted by Crippen LogP contribution is -2.37. The van der Waals surface area contributed by atoms with Crippen molar-refractivity contribution in [3.8, 4) is 0 Å². The maximum absolute atomic E-state index is 14.1. The zero-order chi connectivity index (χ0) is 22.6. The fraction of sp³-hybridized carbons (Fsp3) is 0.174. The summed E-state index contributed by atoms with van der Waals surface area (Å²) in [6, 6.07) is 7.95. The number of pyridine rings is 1. The third-order valence-electron chi connectivity index (χ3n) is 5.79. The highest BCUT2D eigenvalue weighted by Crippen LogP contribution is 2.34. The van der Waals surface area contributed by atoms with Crippen molar-refractivity contribution in [3.63, 3.8) is 0 Å². The summed E-state index contributed by atoms with van der Waals surface area (Å²) in [7, 11) is 1.58. The Kier molecular flexibility index (Phi) is 4.53. The summed E-state index contributed by atoms with van der Waals surface area (Å²) >= 11 is 0. The molecule has 1 aliphatic heterocycles. The quantitative estimate of drug-likeness (QED) is 0.465. The van der Waals surface area contributed by atoms with E-state index in [1.54, 1.807) is 31.3 Å². The van der Waals surface area contributed by atoms with E-state index in [0.29, 0.717) is 28.2 Å². The van der Waals surface area contributed by atoms with Crippen LogP contribution in [0.25, 0.3) is 26.5 Å². The molecule has 1 aliphatic rings. The van der Waals surface area contributed by atoms with Crippen molar-refractivity contribution in [2.45, 2.75) is 12.6 Å². The van der Waals surface area contributed by atoms with Gasteiger partial charge < -0.3 is 19.6 Å². The van der Waals surface area contributed by atoms with Gasteiger partial charge in [0.15, 0.2) is 17.3 Å². The van der Waals surface area contributed by atoms with Crippen molar-refractivity contribution in [2.75, 3.05) is 13.7 Å². The monoisotopic (exact) mass is 434 g/mol. The molecule has 0 spiro atoms. The van der Waals surface area contributed by atoms with Crippen LogP contribution in [0.5, 0.6) is 0 Å². The third-order valence-corrected chi connectivity index (χ3v) is 5.79. The van der Waals surface area contributed by atoms with Gasteiger partial charge in [-0.15, -0.1) is 0 Å². The SMILES string of the molecule is [C-]#[N+]c1ccc2[nH]c(C(=O)N(C)[C@@H]3COCc4[nH]c(=O)c5cc(F)c(F)cc5c43)cc2c1. The largest absolute Gasteiger partial charge is 0.373 e. The molecule has 2 aromatic heterocycles. The molecular formula is C23H16F2N4O3. The number of aromatic amines is 2. The normalized spacial score (nSPS) is 15.5. The van der Waals surface area contributed by atoms with Gasteiger partial charge in [0.25, 0.3) is 11.5 Å². The van der Waals surface area contributed by atoms with Gasteiger partial charge >= 0.3 is 0 Å². The number of nitrogens with zero attached hydrogens (tertiary/aromatic N) is 2. The number of carbonyl (C=O) groups is 1. The highest BCUT2D eigenvalue weighted by molar-refractivity contribution is 5.99. The minimum atomic E-state index is -1.12. The first-order valence-electron chi connectivity index (χ1n) is 9.76. The predicted octanol–water partition coefficient (Wildman–Crippen LogP) is 4.18. The van der Waals surface area contributed by atoms with E-state index < -0.39 is 23.2 Å². The van der Waals surface area contributed by atoms with E-state index in [1.807, 2.05) is 0 Å². The number of carbonyl (C=O) groups excluding carboxylic acids is 1. The summed E-state index contributed by atoms with van der Waals surface area (Å²) in [5.74, 6) is -2.54. The third kappa shape index (κ3) is 3.04. The summed E-state index contributed by atoms with van der Waals surface area (Å²) in [5.41, 5.74) is 1.87. The maximum atomic E-state index is 14.1. The minimum Gasteiger partial charge on any atom is -0.373 e. The number of ether oxygens (including phenoxy) is 1. The van der Waals surface area contributed by atoms with Crippen LogP contribution in [0.1, 0.15) is 27.8 Å². The highest BCUT2D eigenvalue weighted by Gasteiger charge is 2.32. The van der Waals surface area contributed by atoms with Gasteiger partial charge in [0.1, 0.15) is 5.69 Å². The van der Waals surface area contributed by atoms with Crippen LogP contribution in [0.3, 0.4) is 0 Å². The molecule has 1 atom stereocenters. The molecule has 7 nitrogen and oxygen atoms in total. The molecule has 2 aromatic carbocycles. The molecular weight excluding hydrogens is 418 g/mol. The molecule has 32 heavy (non-hydrogen) atoms. The number of fused-ring (bicyclic) bond motifs is 4. The van der Waals surface area contributed by atoms with Gasteiger partial charge in [-0.1, -0.05) is 6.07 Å². The van der Waals surface area contributed by atoms with Crippen LogP contribution >= 0.6 is 0 Å². The Morgan fingerprint density at radius 2 is 1.91 bits per heavy atom. The molecule has 3 heterocycles. The van der Waals surface area contributed by atoms with E-state index in [2.05, 4.69) is 14.8 Å². The number of nitrogens with one attached hydrogen (secondary N) is 2. The van der Waals surface area contributed by atoms with E-state index in [0.717, 1.165) is 17.5 Å². The van der Waals surface area contributed by atoms with Gasteiger partial charge in [0.2, 0.25) is 0 Å². The van der Waals surface area contributed by atoms with Crippen molar-refractivity contribution in [1.82, 2.24) is 14.9 Å². The number of amides is 1. The van der Waals surface area contributed by atoms with Crippen molar-refractivity contribution in [1.29, 1.82) is 0 Å². The lowest BCUT2D eigenvalue weighted by atomic mass is 9.95. The molecule has 0 radical (unpaired) electrons. The van der Waals surface area contributed by atoms with Crippen molar-refractivity contribution < 1.29 is 18.3 Å². The van der Waals surface area contributed by atoms with E-state index in [9.17, 15) is 18.4 Å². The van der Waals surface area contributed by atoms with Gasteiger partial charge in [0.05, 0.1) is 31.2 Å². The minimum absolute atomic E-state index is 0.00712. The van der Waals surface area contributed by atoms with E-state index in [1.165, 1.54) is 4.90 Å². The van der Waals surface area contributed by atoms with Crippen molar-refractivity contribution in [3.05, 3.63) is 86.8 Å². The van der Waals surface area contributed by atoms with Gasteiger partial charge in [-0.3, -0.25) is 9.59 Å². The molecule has 160 valence electrons. The van der Waals surface area contributed by atoms with Crippen molar-refractivity contribution >= 4 is 33.3 Å². The molecule has 0 bridgehead atoms. The average molecular weight is 434 g/mol. The Hall–Kier alpha value is -4.03. The molecule has 1 amide bonds. The summed E-state index contributed by atoms with van der Waals surface area (Å²) in [6.45, 7) is 7.35. The Bertz CT molecular complexity index is 1520. The molecule has 9 heteroatoms. The van der Waals surface area contributed by atoms with Crippen molar-refractivity contribution in [2.24, 2.45) is 0 Å². The first-order chi connectivity index (χ1) is 15.4. The molecule has 0 saturated carbocycles. The van der Waals surface area contributed by atoms with Crippen LogP contribution in [-0.2, 0) is 11.3 Å². The second kappa shape index (κ2) is 7.28. The summed E-state index contributed by atoms with van der Waals surface area (Å²) in [5, 5.41) is 0.976. The fourth-order valence-electron chi connectivity index (χ4n) is 4.18. The lowest BCUT2D eigenvalue weighted by molar-refractivity contribution is 0.0333. The van der Waals surface area contributed by atoms with Crippen LogP contribution in [0.4, 0.5) is 14.5 Å². The van der Waals surface area contributed by atoms with Gasteiger partial charge in [0, 0.05) is 23.8 Å². The van der Waals surface area contributed by atoms with E-state index >= 15 is 0 Å². The molecule has 2 N–H and O–H groups in total. The Morgan fingerprint density at radius 1 is 1.16 bits per heavy atom. The molecule has 5 rings (SSSR count). The summed E-state index contributed by atoms with van der Waals surface area (Å²) < 4.78 is 33.4. The van der Waals surface area contributed by atoms with E-state index in [-0.39, 0.29) is 29.9 Å². The molecule has 0 unspecified atom stereocenters. The smallest absolute Gasteiger partial charge is 0.270 e.